The summed E-state index contributed by atoms with van der Waals surface area (Å²) in [6.07, 6.45) is 6.13. The zero-order chi connectivity index (χ0) is 9.68. The maximum atomic E-state index is 11.2. The Balaban J connectivity index is 2.29. The maximum Gasteiger partial charge on any atom is 0.306 e. The Morgan fingerprint density at radius 3 is 2.77 bits per heavy atom. The summed E-state index contributed by atoms with van der Waals surface area (Å²) in [5, 5.41) is 0. The van der Waals surface area contributed by atoms with Crippen LogP contribution in [-0.2, 0) is 9.53 Å². The molecule has 0 bridgehead atoms. The van der Waals surface area contributed by atoms with E-state index in [9.17, 15) is 4.79 Å². The standard InChI is InChI=1S/C10H17BrO2/c1-2-5-10(12)13-9-7-4-3-6-8(9)11/h8-9H,2-7H2,1H3/t8-,9-/m1/s1. The zero-order valence-electron chi connectivity index (χ0n) is 8.09. The van der Waals surface area contributed by atoms with Gasteiger partial charge in [-0.3, -0.25) is 4.79 Å². The van der Waals surface area contributed by atoms with Crippen LogP contribution < -0.4 is 0 Å². The highest BCUT2D eigenvalue weighted by Crippen LogP contribution is 2.27. The number of halogens is 1. The molecule has 0 saturated heterocycles. The molecule has 0 aromatic rings. The first-order chi connectivity index (χ1) is 6.24. The molecule has 0 aromatic carbocycles. The number of ether oxygens (including phenoxy) is 1. The van der Waals surface area contributed by atoms with Crippen LogP contribution in [0.5, 0.6) is 0 Å². The van der Waals surface area contributed by atoms with Gasteiger partial charge in [-0.2, -0.15) is 0 Å². The summed E-state index contributed by atoms with van der Waals surface area (Å²) in [5.41, 5.74) is 0. The molecule has 76 valence electrons. The van der Waals surface area contributed by atoms with Gasteiger partial charge in [-0.1, -0.05) is 29.3 Å². The molecule has 1 saturated carbocycles. The van der Waals surface area contributed by atoms with E-state index in [-0.39, 0.29) is 12.1 Å². The highest BCUT2D eigenvalue weighted by molar-refractivity contribution is 9.09. The fourth-order valence-corrected chi connectivity index (χ4v) is 2.31. The Bertz CT molecular complexity index is 170. The highest BCUT2D eigenvalue weighted by Gasteiger charge is 2.25. The molecule has 1 aliphatic carbocycles. The molecule has 0 aliphatic heterocycles. The van der Waals surface area contributed by atoms with Crippen molar-refractivity contribution < 1.29 is 9.53 Å². The molecule has 1 fully saturated rings. The van der Waals surface area contributed by atoms with E-state index in [1.54, 1.807) is 0 Å². The van der Waals surface area contributed by atoms with E-state index in [2.05, 4.69) is 15.9 Å². The van der Waals surface area contributed by atoms with Crippen molar-refractivity contribution in [3.05, 3.63) is 0 Å². The molecule has 13 heavy (non-hydrogen) atoms. The van der Waals surface area contributed by atoms with Gasteiger partial charge in [0.2, 0.25) is 0 Å². The molecule has 1 rings (SSSR count). The predicted octanol–water partition coefficient (Wildman–Crippen LogP) is 3.04. The third-order valence-electron chi connectivity index (χ3n) is 2.36. The number of hydrogen-bond acceptors (Lipinski definition) is 2. The van der Waals surface area contributed by atoms with Gasteiger partial charge in [0.25, 0.3) is 0 Å². The van der Waals surface area contributed by atoms with Gasteiger partial charge in [0, 0.05) is 6.42 Å². The van der Waals surface area contributed by atoms with Crippen LogP contribution in [0.25, 0.3) is 0 Å². The molecule has 0 amide bonds. The van der Waals surface area contributed by atoms with Crippen LogP contribution in [0, 0.1) is 0 Å². The second kappa shape index (κ2) is 5.63. The second-order valence-electron chi connectivity index (χ2n) is 3.58. The Hall–Kier alpha value is -0.0500. The minimum Gasteiger partial charge on any atom is -0.461 e. The van der Waals surface area contributed by atoms with Crippen molar-refractivity contribution in [2.45, 2.75) is 56.4 Å². The normalized spacial score (nSPS) is 28.5. The average Bonchev–Trinajstić information content (AvgIpc) is 2.09. The van der Waals surface area contributed by atoms with Crippen LogP contribution in [0.2, 0.25) is 0 Å². The molecule has 2 atom stereocenters. The van der Waals surface area contributed by atoms with E-state index in [0.717, 1.165) is 19.3 Å². The lowest BCUT2D eigenvalue weighted by Crippen LogP contribution is -2.30. The van der Waals surface area contributed by atoms with Crippen molar-refractivity contribution in [3.63, 3.8) is 0 Å². The minimum absolute atomic E-state index is 0.0427. The molecular formula is C10H17BrO2. The third-order valence-corrected chi connectivity index (χ3v) is 3.41. The van der Waals surface area contributed by atoms with Gasteiger partial charge in [0.1, 0.15) is 6.10 Å². The molecule has 0 unspecified atom stereocenters. The van der Waals surface area contributed by atoms with E-state index in [1.165, 1.54) is 12.8 Å². The number of alkyl halides is 1. The van der Waals surface area contributed by atoms with Gasteiger partial charge >= 0.3 is 5.97 Å². The summed E-state index contributed by atoms with van der Waals surface area (Å²) in [6, 6.07) is 0. The lowest BCUT2D eigenvalue weighted by atomic mass is 9.97. The van der Waals surface area contributed by atoms with Crippen LogP contribution in [-0.4, -0.2) is 16.9 Å². The lowest BCUT2D eigenvalue weighted by molar-refractivity contribution is -0.150. The van der Waals surface area contributed by atoms with Crippen LogP contribution >= 0.6 is 15.9 Å². The minimum atomic E-state index is -0.0427. The molecule has 0 radical (unpaired) electrons. The van der Waals surface area contributed by atoms with E-state index >= 15 is 0 Å². The summed E-state index contributed by atoms with van der Waals surface area (Å²) in [6.45, 7) is 1.99. The van der Waals surface area contributed by atoms with Gasteiger partial charge in [-0.25, -0.2) is 0 Å². The molecule has 3 heteroatoms. The number of rotatable bonds is 3. The smallest absolute Gasteiger partial charge is 0.306 e. The second-order valence-corrected chi connectivity index (χ2v) is 4.75. The Labute approximate surface area is 88.2 Å². The Kier molecular flexibility index (Phi) is 4.78. The van der Waals surface area contributed by atoms with Crippen LogP contribution in [0.4, 0.5) is 0 Å². The molecule has 1 aliphatic rings. The van der Waals surface area contributed by atoms with E-state index in [1.807, 2.05) is 6.92 Å². The first-order valence-corrected chi connectivity index (χ1v) is 5.99. The summed E-state index contributed by atoms with van der Waals surface area (Å²) in [4.78, 5) is 11.6. The molecular weight excluding hydrogens is 232 g/mol. The number of esters is 1. The van der Waals surface area contributed by atoms with E-state index in [4.69, 9.17) is 4.74 Å². The SMILES string of the molecule is CCCC(=O)O[C@@H]1CCCC[C@H]1Br. The van der Waals surface area contributed by atoms with Gasteiger partial charge in [0.15, 0.2) is 0 Å². The molecule has 2 nitrogen and oxygen atoms in total. The largest absolute Gasteiger partial charge is 0.461 e. The first kappa shape index (κ1) is 11.0. The van der Waals surface area contributed by atoms with Crippen molar-refractivity contribution in [3.8, 4) is 0 Å². The zero-order valence-corrected chi connectivity index (χ0v) is 9.68. The van der Waals surface area contributed by atoms with Crippen molar-refractivity contribution in [2.24, 2.45) is 0 Å². The fraction of sp³-hybridized carbons (Fsp3) is 0.900. The molecule has 0 heterocycles. The third kappa shape index (κ3) is 3.67. The number of carbonyl (C=O) groups excluding carboxylic acids is 1. The van der Waals surface area contributed by atoms with Crippen molar-refractivity contribution in [2.75, 3.05) is 0 Å². The number of hydrogen-bond donors (Lipinski definition) is 0. The van der Waals surface area contributed by atoms with Gasteiger partial charge in [0.05, 0.1) is 4.83 Å². The van der Waals surface area contributed by atoms with Crippen molar-refractivity contribution >= 4 is 21.9 Å². The van der Waals surface area contributed by atoms with Gasteiger partial charge < -0.3 is 4.74 Å². The van der Waals surface area contributed by atoms with Crippen molar-refractivity contribution in [1.29, 1.82) is 0 Å². The molecule has 0 N–H and O–H groups in total. The summed E-state index contributed by atoms with van der Waals surface area (Å²) in [7, 11) is 0. The topological polar surface area (TPSA) is 26.3 Å². The highest BCUT2D eigenvalue weighted by atomic mass is 79.9. The van der Waals surface area contributed by atoms with Crippen molar-refractivity contribution in [1.82, 2.24) is 0 Å². The first-order valence-electron chi connectivity index (χ1n) is 5.07. The van der Waals surface area contributed by atoms with Crippen LogP contribution in [0.1, 0.15) is 45.4 Å². The Morgan fingerprint density at radius 1 is 1.46 bits per heavy atom. The lowest BCUT2D eigenvalue weighted by Gasteiger charge is -2.26. The predicted molar refractivity (Wildman–Crippen MR) is 56.0 cm³/mol. The average molecular weight is 249 g/mol. The number of carbonyl (C=O) groups is 1. The quantitative estimate of drug-likeness (QED) is 0.567. The Morgan fingerprint density at radius 2 is 2.15 bits per heavy atom. The van der Waals surface area contributed by atoms with Gasteiger partial charge in [-0.05, 0) is 25.7 Å². The van der Waals surface area contributed by atoms with Crippen LogP contribution in [0.3, 0.4) is 0 Å². The summed E-state index contributed by atoms with van der Waals surface area (Å²) < 4.78 is 5.36. The maximum absolute atomic E-state index is 11.2. The monoisotopic (exact) mass is 248 g/mol. The fourth-order valence-electron chi connectivity index (χ4n) is 1.62. The summed E-state index contributed by atoms with van der Waals surface area (Å²) >= 11 is 3.56. The van der Waals surface area contributed by atoms with E-state index in [0.29, 0.717) is 11.2 Å². The molecule has 0 spiro atoms. The summed E-state index contributed by atoms with van der Waals surface area (Å²) in [5.74, 6) is -0.0427. The van der Waals surface area contributed by atoms with Gasteiger partial charge in [-0.15, -0.1) is 0 Å². The van der Waals surface area contributed by atoms with Crippen LogP contribution in [0.15, 0.2) is 0 Å². The molecule has 0 aromatic heterocycles. The van der Waals surface area contributed by atoms with E-state index < -0.39 is 0 Å².